The number of hydrogen-bond donors (Lipinski definition) is 1. The molecule has 1 rings (SSSR count). The molecule has 18 heavy (non-hydrogen) atoms. The van der Waals surface area contributed by atoms with E-state index < -0.39 is 0 Å². The molecule has 0 radical (unpaired) electrons. The van der Waals surface area contributed by atoms with Gasteiger partial charge in [0.05, 0.1) is 18.2 Å². The lowest BCUT2D eigenvalue weighted by Gasteiger charge is -2.17. The van der Waals surface area contributed by atoms with Crippen molar-refractivity contribution in [1.82, 2.24) is 5.32 Å². The predicted octanol–water partition coefficient (Wildman–Crippen LogP) is 3.12. The third-order valence-electron chi connectivity index (χ3n) is 2.77. The van der Waals surface area contributed by atoms with E-state index in [0.29, 0.717) is 29.8 Å². The molecule has 0 aliphatic carbocycles. The van der Waals surface area contributed by atoms with Gasteiger partial charge >= 0.3 is 0 Å². The van der Waals surface area contributed by atoms with Gasteiger partial charge in [-0.25, -0.2) is 0 Å². The van der Waals surface area contributed by atoms with Gasteiger partial charge in [-0.15, -0.1) is 0 Å². The molecular formula is C14H19ClN2O. The van der Waals surface area contributed by atoms with Crippen LogP contribution < -0.4 is 5.32 Å². The first kappa shape index (κ1) is 15.0. The number of rotatable bonds is 7. The number of nitrogens with one attached hydrogen (secondary N) is 1. The second-order valence-corrected chi connectivity index (χ2v) is 4.65. The minimum atomic E-state index is 0.340. The highest BCUT2D eigenvalue weighted by atomic mass is 35.5. The average Bonchev–Trinajstić information content (AvgIpc) is 2.37. The van der Waals surface area contributed by atoms with Crippen molar-refractivity contribution in [3.05, 3.63) is 34.3 Å². The molecule has 0 aliphatic rings. The van der Waals surface area contributed by atoms with Crippen molar-refractivity contribution in [3.63, 3.8) is 0 Å². The summed E-state index contributed by atoms with van der Waals surface area (Å²) in [4.78, 5) is 0. The lowest BCUT2D eigenvalue weighted by atomic mass is 10.1. The van der Waals surface area contributed by atoms with Crippen LogP contribution >= 0.6 is 11.6 Å². The zero-order valence-electron chi connectivity index (χ0n) is 10.9. The van der Waals surface area contributed by atoms with Crippen LogP contribution in [0.25, 0.3) is 0 Å². The standard InChI is InChI=1S/C14H19ClN2O/c1-3-4-13(10-18-2)17-9-12-6-5-11(8-16)7-14(12)15/h5-7,13,17H,3-4,9-10H2,1-2H3. The van der Waals surface area contributed by atoms with Crippen LogP contribution in [0.15, 0.2) is 18.2 Å². The van der Waals surface area contributed by atoms with Crippen LogP contribution in [0, 0.1) is 11.3 Å². The second kappa shape index (κ2) is 8.10. The molecule has 0 bridgehead atoms. The van der Waals surface area contributed by atoms with Gasteiger partial charge in [-0.05, 0) is 24.1 Å². The average molecular weight is 267 g/mol. The van der Waals surface area contributed by atoms with Gasteiger partial charge in [0.2, 0.25) is 0 Å². The van der Waals surface area contributed by atoms with Crippen molar-refractivity contribution in [2.24, 2.45) is 0 Å². The van der Waals surface area contributed by atoms with E-state index in [9.17, 15) is 0 Å². The summed E-state index contributed by atoms with van der Waals surface area (Å²) in [6.45, 7) is 3.54. The highest BCUT2D eigenvalue weighted by Gasteiger charge is 2.08. The summed E-state index contributed by atoms with van der Waals surface area (Å²) in [6.07, 6.45) is 2.18. The first-order valence-corrected chi connectivity index (χ1v) is 6.49. The first-order valence-electron chi connectivity index (χ1n) is 6.12. The van der Waals surface area contributed by atoms with Gasteiger partial charge in [-0.3, -0.25) is 0 Å². The normalized spacial score (nSPS) is 12.1. The highest BCUT2D eigenvalue weighted by molar-refractivity contribution is 6.31. The first-order chi connectivity index (χ1) is 8.71. The molecular weight excluding hydrogens is 248 g/mol. The molecule has 1 unspecified atom stereocenters. The van der Waals surface area contributed by atoms with E-state index in [4.69, 9.17) is 21.6 Å². The van der Waals surface area contributed by atoms with E-state index in [1.165, 1.54) is 0 Å². The fourth-order valence-electron chi connectivity index (χ4n) is 1.81. The van der Waals surface area contributed by atoms with Crippen LogP contribution in [0.3, 0.4) is 0 Å². The Hall–Kier alpha value is -1.08. The lowest BCUT2D eigenvalue weighted by Crippen LogP contribution is -2.32. The smallest absolute Gasteiger partial charge is 0.0992 e. The van der Waals surface area contributed by atoms with Crippen molar-refractivity contribution in [3.8, 4) is 6.07 Å². The Labute approximate surface area is 114 Å². The molecule has 0 spiro atoms. The Balaban J connectivity index is 2.59. The van der Waals surface area contributed by atoms with Crippen molar-refractivity contribution >= 4 is 11.6 Å². The molecule has 1 atom stereocenters. The van der Waals surface area contributed by atoms with Gasteiger partial charge in [-0.1, -0.05) is 31.0 Å². The Morgan fingerprint density at radius 1 is 1.50 bits per heavy atom. The fourth-order valence-corrected chi connectivity index (χ4v) is 2.06. The largest absolute Gasteiger partial charge is 0.383 e. The Bertz CT molecular complexity index is 409. The van der Waals surface area contributed by atoms with Gasteiger partial charge < -0.3 is 10.1 Å². The Morgan fingerprint density at radius 3 is 2.83 bits per heavy atom. The molecule has 0 aromatic heterocycles. The summed E-state index contributed by atoms with van der Waals surface area (Å²) < 4.78 is 5.17. The van der Waals surface area contributed by atoms with E-state index in [-0.39, 0.29) is 0 Å². The second-order valence-electron chi connectivity index (χ2n) is 4.24. The lowest BCUT2D eigenvalue weighted by molar-refractivity contribution is 0.161. The number of hydrogen-bond acceptors (Lipinski definition) is 3. The Morgan fingerprint density at radius 2 is 2.28 bits per heavy atom. The van der Waals surface area contributed by atoms with E-state index in [0.717, 1.165) is 18.4 Å². The number of nitrogens with zero attached hydrogens (tertiary/aromatic N) is 1. The molecule has 1 aromatic carbocycles. The molecule has 0 saturated carbocycles. The summed E-state index contributed by atoms with van der Waals surface area (Å²) >= 11 is 6.12. The van der Waals surface area contributed by atoms with E-state index in [1.54, 1.807) is 19.2 Å². The van der Waals surface area contributed by atoms with E-state index >= 15 is 0 Å². The van der Waals surface area contributed by atoms with Crippen LogP contribution in [-0.2, 0) is 11.3 Å². The molecule has 0 amide bonds. The van der Waals surface area contributed by atoms with Crippen molar-refractivity contribution in [2.75, 3.05) is 13.7 Å². The maximum Gasteiger partial charge on any atom is 0.0992 e. The van der Waals surface area contributed by atoms with Gasteiger partial charge in [-0.2, -0.15) is 5.26 Å². The molecule has 98 valence electrons. The summed E-state index contributed by atoms with van der Waals surface area (Å²) in [5.74, 6) is 0. The molecule has 0 saturated heterocycles. The molecule has 4 heteroatoms. The molecule has 0 fully saturated rings. The number of nitriles is 1. The molecule has 1 aromatic rings. The predicted molar refractivity (Wildman–Crippen MR) is 73.6 cm³/mol. The highest BCUT2D eigenvalue weighted by Crippen LogP contribution is 2.17. The zero-order valence-corrected chi connectivity index (χ0v) is 11.6. The topological polar surface area (TPSA) is 45.0 Å². The SMILES string of the molecule is CCCC(COC)NCc1ccc(C#N)cc1Cl. The molecule has 1 N–H and O–H groups in total. The third-order valence-corrected chi connectivity index (χ3v) is 3.12. The monoisotopic (exact) mass is 266 g/mol. The van der Waals surface area contributed by atoms with Gasteiger partial charge in [0.25, 0.3) is 0 Å². The summed E-state index contributed by atoms with van der Waals surface area (Å²) in [5, 5.41) is 12.8. The number of halogens is 1. The zero-order chi connectivity index (χ0) is 13.4. The van der Waals surface area contributed by atoms with Crippen LogP contribution in [0.2, 0.25) is 5.02 Å². The maximum absolute atomic E-state index is 8.77. The van der Waals surface area contributed by atoms with Crippen molar-refractivity contribution < 1.29 is 4.74 Å². The van der Waals surface area contributed by atoms with Gasteiger partial charge in [0.15, 0.2) is 0 Å². The van der Waals surface area contributed by atoms with Crippen molar-refractivity contribution in [1.29, 1.82) is 5.26 Å². The number of ether oxygens (including phenoxy) is 1. The van der Waals surface area contributed by atoms with E-state index in [2.05, 4.69) is 18.3 Å². The molecule has 0 heterocycles. The fraction of sp³-hybridized carbons (Fsp3) is 0.500. The van der Waals surface area contributed by atoms with Crippen LogP contribution in [0.4, 0.5) is 0 Å². The van der Waals surface area contributed by atoms with Crippen LogP contribution in [0.1, 0.15) is 30.9 Å². The van der Waals surface area contributed by atoms with Gasteiger partial charge in [0, 0.05) is 24.7 Å². The number of methoxy groups -OCH3 is 1. The van der Waals surface area contributed by atoms with Gasteiger partial charge in [0.1, 0.15) is 0 Å². The van der Waals surface area contributed by atoms with E-state index in [1.807, 2.05) is 6.07 Å². The Kier molecular flexibility index (Phi) is 6.74. The maximum atomic E-state index is 8.77. The quantitative estimate of drug-likeness (QED) is 0.825. The van der Waals surface area contributed by atoms with Crippen LogP contribution in [0.5, 0.6) is 0 Å². The summed E-state index contributed by atoms with van der Waals surface area (Å²) in [7, 11) is 1.71. The van der Waals surface area contributed by atoms with Crippen molar-refractivity contribution in [2.45, 2.75) is 32.4 Å². The van der Waals surface area contributed by atoms with Crippen LogP contribution in [-0.4, -0.2) is 19.8 Å². The minimum Gasteiger partial charge on any atom is -0.383 e. The summed E-state index contributed by atoms with van der Waals surface area (Å²) in [5.41, 5.74) is 1.60. The molecule has 0 aliphatic heterocycles. The number of benzene rings is 1. The summed E-state index contributed by atoms with van der Waals surface area (Å²) in [6, 6.07) is 7.79. The minimum absolute atomic E-state index is 0.340. The third kappa shape index (κ3) is 4.66. The molecule has 3 nitrogen and oxygen atoms in total.